The molecule has 0 saturated carbocycles. The largest absolute Gasteiger partial charge is 0.494 e. The first-order valence-corrected chi connectivity index (χ1v) is 13.0. The van der Waals surface area contributed by atoms with E-state index in [9.17, 15) is 9.59 Å². The minimum absolute atomic E-state index is 0.0622. The molecule has 4 aromatic rings. The summed E-state index contributed by atoms with van der Waals surface area (Å²) in [5.74, 6) is -0.247. The molecule has 3 aromatic heterocycles. The Hall–Kier alpha value is -4.54. The molecule has 1 aromatic carbocycles. The van der Waals surface area contributed by atoms with E-state index in [0.29, 0.717) is 40.6 Å². The summed E-state index contributed by atoms with van der Waals surface area (Å²) < 4.78 is 9.01. The first-order chi connectivity index (χ1) is 18.8. The third-order valence-corrected chi connectivity index (χ3v) is 6.24. The predicted octanol–water partition coefficient (Wildman–Crippen LogP) is 4.49. The Labute approximate surface area is 234 Å². The molecule has 0 aliphatic carbocycles. The molecular formula is C29H36N8O3. The number of ether oxygens (including phenoxy) is 1. The number of benzene rings is 1. The molecule has 4 rings (SSSR count). The Morgan fingerprint density at radius 2 is 1.77 bits per heavy atom. The predicted molar refractivity (Wildman–Crippen MR) is 152 cm³/mol. The van der Waals surface area contributed by atoms with Crippen molar-refractivity contribution in [2.75, 3.05) is 19.0 Å². The topological polar surface area (TPSA) is 129 Å². The van der Waals surface area contributed by atoms with Crippen LogP contribution >= 0.6 is 0 Å². The summed E-state index contributed by atoms with van der Waals surface area (Å²) in [5.41, 5.74) is 3.63. The fraction of sp³-hybridized carbons (Fsp3) is 0.379. The van der Waals surface area contributed by atoms with E-state index in [-0.39, 0.29) is 28.3 Å². The second kappa shape index (κ2) is 10.9. The number of anilines is 1. The van der Waals surface area contributed by atoms with Crippen molar-refractivity contribution in [2.45, 2.75) is 53.9 Å². The number of methoxy groups -OCH3 is 1. The lowest BCUT2D eigenvalue weighted by molar-refractivity contribution is 0.0933. The molecule has 0 bridgehead atoms. The van der Waals surface area contributed by atoms with E-state index < -0.39 is 0 Å². The Balaban J connectivity index is 1.65. The van der Waals surface area contributed by atoms with Crippen LogP contribution in [0, 0.1) is 12.3 Å². The van der Waals surface area contributed by atoms with Crippen molar-refractivity contribution in [1.29, 1.82) is 0 Å². The highest BCUT2D eigenvalue weighted by molar-refractivity contribution is 6.07. The number of hydrogen-bond donors (Lipinski definition) is 2. The summed E-state index contributed by atoms with van der Waals surface area (Å²) >= 11 is 0. The normalized spacial score (nSPS) is 11.8. The van der Waals surface area contributed by atoms with Gasteiger partial charge in [-0.2, -0.15) is 0 Å². The van der Waals surface area contributed by atoms with E-state index in [1.165, 1.54) is 11.8 Å². The SMILES string of the molecule is COc1c(C(=O)Nc2cnc(C)c(-n3cc(C(=O)NCC(C)(C)C)nn3)c2)cc(C(C)(C)C)cc1-n1ccnc1. The zero-order valence-electron chi connectivity index (χ0n) is 24.2. The molecule has 3 heterocycles. The molecule has 0 aliphatic heterocycles. The number of carbonyl (C=O) groups excluding carboxylic acids is 2. The molecule has 0 fully saturated rings. The molecule has 2 N–H and O–H groups in total. The molecule has 2 amide bonds. The highest BCUT2D eigenvalue weighted by atomic mass is 16.5. The smallest absolute Gasteiger partial charge is 0.273 e. The van der Waals surface area contributed by atoms with Gasteiger partial charge in [-0.1, -0.05) is 46.8 Å². The average Bonchev–Trinajstić information content (AvgIpc) is 3.59. The fourth-order valence-electron chi connectivity index (χ4n) is 3.96. The Morgan fingerprint density at radius 3 is 2.40 bits per heavy atom. The Morgan fingerprint density at radius 1 is 1.02 bits per heavy atom. The van der Waals surface area contributed by atoms with Gasteiger partial charge in [-0.05, 0) is 41.5 Å². The number of rotatable bonds is 7. The zero-order valence-corrected chi connectivity index (χ0v) is 24.2. The van der Waals surface area contributed by atoms with Crippen LogP contribution < -0.4 is 15.4 Å². The number of amides is 2. The molecule has 11 nitrogen and oxygen atoms in total. The average molecular weight is 545 g/mol. The van der Waals surface area contributed by atoms with E-state index in [1.54, 1.807) is 37.2 Å². The van der Waals surface area contributed by atoms with Crippen LogP contribution in [0.1, 0.15) is 73.6 Å². The van der Waals surface area contributed by atoms with Gasteiger partial charge in [0.05, 0.1) is 54.2 Å². The molecule has 40 heavy (non-hydrogen) atoms. The molecule has 0 spiro atoms. The van der Waals surface area contributed by atoms with Crippen molar-refractivity contribution in [2.24, 2.45) is 5.41 Å². The summed E-state index contributed by atoms with van der Waals surface area (Å²) in [7, 11) is 1.54. The molecule has 0 saturated heterocycles. The first-order valence-electron chi connectivity index (χ1n) is 13.0. The van der Waals surface area contributed by atoms with Gasteiger partial charge in [-0.25, -0.2) is 9.67 Å². The standard InChI is InChI=1S/C29H36N8O3/c1-18-23(37-15-22(34-35-37)27(39)32-16-28(2,3)4)13-20(14-31-18)33-26(38)21-11-19(29(5,6)7)12-24(25(21)40-8)36-10-9-30-17-36/h9-15,17H,16H2,1-8H3,(H,32,39)(H,33,38). The van der Waals surface area contributed by atoms with Gasteiger partial charge in [-0.3, -0.25) is 14.6 Å². The summed E-state index contributed by atoms with van der Waals surface area (Å²) in [6, 6.07) is 5.59. The van der Waals surface area contributed by atoms with Crippen LogP contribution in [0.3, 0.4) is 0 Å². The molecule has 0 aliphatic rings. The number of carbonyl (C=O) groups is 2. The highest BCUT2D eigenvalue weighted by Gasteiger charge is 2.24. The number of aromatic nitrogens is 6. The molecule has 0 radical (unpaired) electrons. The van der Waals surface area contributed by atoms with Crippen molar-refractivity contribution in [3.05, 3.63) is 71.8 Å². The van der Waals surface area contributed by atoms with Crippen LogP contribution in [0.2, 0.25) is 0 Å². The van der Waals surface area contributed by atoms with Crippen molar-refractivity contribution < 1.29 is 14.3 Å². The van der Waals surface area contributed by atoms with E-state index in [1.807, 2.05) is 44.4 Å². The number of nitrogens with zero attached hydrogens (tertiary/aromatic N) is 6. The monoisotopic (exact) mass is 544 g/mol. The molecular weight excluding hydrogens is 508 g/mol. The second-order valence-electron chi connectivity index (χ2n) is 11.9. The number of imidazole rings is 1. The number of pyridine rings is 1. The lowest BCUT2D eigenvalue weighted by Crippen LogP contribution is -2.32. The quantitative estimate of drug-likeness (QED) is 0.351. The summed E-state index contributed by atoms with van der Waals surface area (Å²) in [6.45, 7) is 14.7. The highest BCUT2D eigenvalue weighted by Crippen LogP contribution is 2.34. The molecule has 0 atom stereocenters. The van der Waals surface area contributed by atoms with Gasteiger partial charge in [0.15, 0.2) is 11.4 Å². The Bertz CT molecular complexity index is 1530. The van der Waals surface area contributed by atoms with Crippen molar-refractivity contribution in [1.82, 2.24) is 34.8 Å². The van der Waals surface area contributed by atoms with Crippen LogP contribution in [0.25, 0.3) is 11.4 Å². The van der Waals surface area contributed by atoms with Crippen molar-refractivity contribution in [3.8, 4) is 17.1 Å². The van der Waals surface area contributed by atoms with Crippen molar-refractivity contribution in [3.63, 3.8) is 0 Å². The number of aryl methyl sites for hydroxylation is 1. The van der Waals surface area contributed by atoms with Crippen LogP contribution in [0.15, 0.2) is 49.3 Å². The van der Waals surface area contributed by atoms with E-state index in [2.05, 4.69) is 51.7 Å². The van der Waals surface area contributed by atoms with Gasteiger partial charge in [0.2, 0.25) is 0 Å². The van der Waals surface area contributed by atoms with Gasteiger partial charge in [0.25, 0.3) is 11.8 Å². The summed E-state index contributed by atoms with van der Waals surface area (Å²) in [6.07, 6.45) is 8.25. The van der Waals surface area contributed by atoms with Crippen LogP contribution in [-0.2, 0) is 5.41 Å². The third-order valence-electron chi connectivity index (χ3n) is 6.24. The van der Waals surface area contributed by atoms with Gasteiger partial charge in [0.1, 0.15) is 0 Å². The van der Waals surface area contributed by atoms with E-state index in [0.717, 1.165) is 5.56 Å². The number of nitrogens with one attached hydrogen (secondary N) is 2. The number of hydrogen-bond acceptors (Lipinski definition) is 7. The maximum atomic E-state index is 13.6. The third kappa shape index (κ3) is 6.36. The summed E-state index contributed by atoms with van der Waals surface area (Å²) in [4.78, 5) is 34.8. The lowest BCUT2D eigenvalue weighted by Gasteiger charge is -2.23. The lowest BCUT2D eigenvalue weighted by atomic mass is 9.85. The van der Waals surface area contributed by atoms with E-state index in [4.69, 9.17) is 4.74 Å². The van der Waals surface area contributed by atoms with Gasteiger partial charge in [0, 0.05) is 18.9 Å². The summed E-state index contributed by atoms with van der Waals surface area (Å²) in [5, 5.41) is 14.0. The molecule has 210 valence electrons. The second-order valence-corrected chi connectivity index (χ2v) is 11.9. The van der Waals surface area contributed by atoms with Gasteiger partial charge in [-0.15, -0.1) is 5.10 Å². The van der Waals surface area contributed by atoms with Crippen molar-refractivity contribution >= 4 is 17.5 Å². The van der Waals surface area contributed by atoms with Crippen LogP contribution in [0.5, 0.6) is 5.75 Å². The maximum absolute atomic E-state index is 13.6. The van der Waals surface area contributed by atoms with Crippen LogP contribution in [0.4, 0.5) is 5.69 Å². The van der Waals surface area contributed by atoms with E-state index >= 15 is 0 Å². The maximum Gasteiger partial charge on any atom is 0.273 e. The van der Waals surface area contributed by atoms with Crippen LogP contribution in [-0.4, -0.2) is 55.0 Å². The van der Waals surface area contributed by atoms with Gasteiger partial charge >= 0.3 is 0 Å². The molecule has 11 heteroatoms. The Kier molecular flexibility index (Phi) is 7.77. The first kappa shape index (κ1) is 28.5. The minimum Gasteiger partial charge on any atom is -0.494 e. The minimum atomic E-state index is -0.359. The fourth-order valence-corrected chi connectivity index (χ4v) is 3.96. The zero-order chi connectivity index (χ0) is 29.2. The molecule has 0 unspecified atom stereocenters. The van der Waals surface area contributed by atoms with Gasteiger partial charge < -0.3 is 19.9 Å².